The second kappa shape index (κ2) is 4.44. The fraction of sp³-hybridized carbons (Fsp3) is 0.500. The lowest BCUT2D eigenvalue weighted by atomic mass is 10.3. The van der Waals surface area contributed by atoms with Crippen molar-refractivity contribution in [2.24, 2.45) is 0 Å². The summed E-state index contributed by atoms with van der Waals surface area (Å²) in [5.74, 6) is 0.825. The Morgan fingerprint density at radius 2 is 2.47 bits per heavy atom. The summed E-state index contributed by atoms with van der Waals surface area (Å²) in [7, 11) is 0. The predicted octanol–water partition coefficient (Wildman–Crippen LogP) is 0.838. The molecule has 0 aromatic carbocycles. The van der Waals surface area contributed by atoms with Crippen LogP contribution in [0, 0.1) is 0 Å². The van der Waals surface area contributed by atoms with Gasteiger partial charge in [0.25, 0.3) is 0 Å². The molecule has 1 fully saturated rings. The number of anilines is 2. The van der Waals surface area contributed by atoms with Crippen LogP contribution in [0.15, 0.2) is 18.3 Å². The lowest BCUT2D eigenvalue weighted by molar-refractivity contribution is 0.0245. The average molecular weight is 211 g/mol. The van der Waals surface area contributed by atoms with E-state index in [9.17, 15) is 4.39 Å². The molecule has 2 N–H and O–H groups in total. The van der Waals surface area contributed by atoms with Crippen molar-refractivity contribution in [1.29, 1.82) is 0 Å². The molecule has 5 heteroatoms. The molecule has 1 aromatic heterocycles. The number of nitrogens with two attached hydrogens (primary N) is 1. The highest BCUT2D eigenvalue weighted by atomic mass is 19.1. The van der Waals surface area contributed by atoms with Crippen molar-refractivity contribution >= 4 is 11.5 Å². The van der Waals surface area contributed by atoms with Gasteiger partial charge in [0.1, 0.15) is 18.6 Å². The van der Waals surface area contributed by atoms with Crippen molar-refractivity contribution < 1.29 is 9.13 Å². The SMILES string of the molecule is Nc1ccc(N2CCOC(CF)C2)nc1. The van der Waals surface area contributed by atoms with Crippen molar-refractivity contribution in [3.8, 4) is 0 Å². The Balaban J connectivity index is 2.06. The highest BCUT2D eigenvalue weighted by Gasteiger charge is 2.20. The van der Waals surface area contributed by atoms with Crippen LogP contribution >= 0.6 is 0 Å². The first-order chi connectivity index (χ1) is 7.29. The van der Waals surface area contributed by atoms with E-state index in [0.29, 0.717) is 18.8 Å². The normalized spacial score (nSPS) is 21.7. The van der Waals surface area contributed by atoms with Gasteiger partial charge in [0.2, 0.25) is 0 Å². The third-order valence-corrected chi connectivity index (χ3v) is 2.41. The van der Waals surface area contributed by atoms with Crippen LogP contribution in [0.4, 0.5) is 15.9 Å². The van der Waals surface area contributed by atoms with Gasteiger partial charge >= 0.3 is 0 Å². The zero-order valence-electron chi connectivity index (χ0n) is 8.40. The van der Waals surface area contributed by atoms with Gasteiger partial charge in [-0.1, -0.05) is 0 Å². The molecule has 0 amide bonds. The molecule has 0 aliphatic carbocycles. The largest absolute Gasteiger partial charge is 0.397 e. The molecule has 1 aromatic rings. The van der Waals surface area contributed by atoms with Crippen LogP contribution in [-0.2, 0) is 4.74 Å². The maximum absolute atomic E-state index is 12.4. The molecule has 15 heavy (non-hydrogen) atoms. The van der Waals surface area contributed by atoms with E-state index in [4.69, 9.17) is 10.5 Å². The molecule has 1 saturated heterocycles. The molecule has 0 radical (unpaired) electrons. The van der Waals surface area contributed by atoms with Gasteiger partial charge in [0.15, 0.2) is 0 Å². The van der Waals surface area contributed by atoms with Crippen molar-refractivity contribution in [3.63, 3.8) is 0 Å². The van der Waals surface area contributed by atoms with E-state index in [0.717, 1.165) is 12.4 Å². The highest BCUT2D eigenvalue weighted by molar-refractivity contribution is 5.46. The van der Waals surface area contributed by atoms with Gasteiger partial charge in [0, 0.05) is 13.1 Å². The summed E-state index contributed by atoms with van der Waals surface area (Å²) < 4.78 is 17.7. The monoisotopic (exact) mass is 211 g/mol. The quantitative estimate of drug-likeness (QED) is 0.787. The van der Waals surface area contributed by atoms with E-state index in [1.165, 1.54) is 0 Å². The molecule has 2 rings (SSSR count). The second-order valence-electron chi connectivity index (χ2n) is 3.54. The zero-order valence-corrected chi connectivity index (χ0v) is 8.40. The van der Waals surface area contributed by atoms with Gasteiger partial charge < -0.3 is 15.4 Å². The lowest BCUT2D eigenvalue weighted by Gasteiger charge is -2.32. The van der Waals surface area contributed by atoms with E-state index in [1.54, 1.807) is 12.3 Å². The molecule has 1 atom stereocenters. The predicted molar refractivity (Wildman–Crippen MR) is 56.6 cm³/mol. The third-order valence-electron chi connectivity index (χ3n) is 2.41. The van der Waals surface area contributed by atoms with E-state index in [-0.39, 0.29) is 6.10 Å². The Morgan fingerprint density at radius 3 is 3.13 bits per heavy atom. The van der Waals surface area contributed by atoms with Gasteiger partial charge in [-0.05, 0) is 12.1 Å². The fourth-order valence-electron chi connectivity index (χ4n) is 1.61. The average Bonchev–Trinajstić information content (AvgIpc) is 2.30. The first-order valence-electron chi connectivity index (χ1n) is 4.93. The summed E-state index contributed by atoms with van der Waals surface area (Å²) in [6.07, 6.45) is 1.27. The Kier molecular flexibility index (Phi) is 3.01. The first kappa shape index (κ1) is 10.2. The molecule has 82 valence electrons. The minimum Gasteiger partial charge on any atom is -0.397 e. The van der Waals surface area contributed by atoms with Crippen LogP contribution in [0.1, 0.15) is 0 Å². The second-order valence-corrected chi connectivity index (χ2v) is 3.54. The van der Waals surface area contributed by atoms with Crippen molar-refractivity contribution in [2.75, 3.05) is 37.0 Å². The number of halogens is 1. The molecule has 0 bridgehead atoms. The molecular weight excluding hydrogens is 197 g/mol. The first-order valence-corrected chi connectivity index (χ1v) is 4.93. The van der Waals surface area contributed by atoms with Gasteiger partial charge in [-0.3, -0.25) is 0 Å². The van der Waals surface area contributed by atoms with Gasteiger partial charge in [0.05, 0.1) is 18.5 Å². The lowest BCUT2D eigenvalue weighted by Crippen LogP contribution is -2.43. The highest BCUT2D eigenvalue weighted by Crippen LogP contribution is 2.16. The van der Waals surface area contributed by atoms with Crippen molar-refractivity contribution in [2.45, 2.75) is 6.10 Å². The number of alkyl halides is 1. The maximum atomic E-state index is 12.4. The van der Waals surface area contributed by atoms with E-state index in [2.05, 4.69) is 4.98 Å². The van der Waals surface area contributed by atoms with E-state index < -0.39 is 6.67 Å². The summed E-state index contributed by atoms with van der Waals surface area (Å²) >= 11 is 0. The summed E-state index contributed by atoms with van der Waals surface area (Å²) in [4.78, 5) is 6.20. The summed E-state index contributed by atoms with van der Waals surface area (Å²) in [6.45, 7) is 1.38. The van der Waals surface area contributed by atoms with E-state index in [1.807, 2.05) is 11.0 Å². The smallest absolute Gasteiger partial charge is 0.128 e. The standard InChI is InChI=1S/C10H14FN3O/c11-5-9-7-14(3-4-15-9)10-2-1-8(12)6-13-10/h1-2,6,9H,3-5,7,12H2. The number of ether oxygens (including phenoxy) is 1. The number of nitrogens with zero attached hydrogens (tertiary/aromatic N) is 2. The van der Waals surface area contributed by atoms with Crippen LogP contribution < -0.4 is 10.6 Å². The Labute approximate surface area is 87.8 Å². The number of morpholine rings is 1. The Morgan fingerprint density at radius 1 is 1.60 bits per heavy atom. The summed E-state index contributed by atoms with van der Waals surface area (Å²) in [6, 6.07) is 3.64. The van der Waals surface area contributed by atoms with Gasteiger partial charge in [-0.25, -0.2) is 9.37 Å². The van der Waals surface area contributed by atoms with Crippen LogP contribution in [0.3, 0.4) is 0 Å². The number of hydrogen-bond acceptors (Lipinski definition) is 4. The minimum atomic E-state index is -0.453. The molecule has 4 nitrogen and oxygen atoms in total. The van der Waals surface area contributed by atoms with Crippen LogP contribution in [-0.4, -0.2) is 37.5 Å². The molecule has 1 unspecified atom stereocenters. The fourth-order valence-corrected chi connectivity index (χ4v) is 1.61. The number of pyridine rings is 1. The Bertz CT molecular complexity index is 317. The number of aromatic nitrogens is 1. The topological polar surface area (TPSA) is 51.4 Å². The summed E-state index contributed by atoms with van der Waals surface area (Å²) in [5.41, 5.74) is 6.18. The molecule has 1 aliphatic heterocycles. The molecular formula is C10H14FN3O. The number of rotatable bonds is 2. The van der Waals surface area contributed by atoms with Gasteiger partial charge in [-0.2, -0.15) is 0 Å². The van der Waals surface area contributed by atoms with Crippen molar-refractivity contribution in [3.05, 3.63) is 18.3 Å². The molecule has 2 heterocycles. The van der Waals surface area contributed by atoms with Gasteiger partial charge in [-0.15, -0.1) is 0 Å². The Hall–Kier alpha value is -1.36. The molecule has 0 saturated carbocycles. The summed E-state index contributed by atoms with van der Waals surface area (Å²) in [5, 5.41) is 0. The zero-order chi connectivity index (χ0) is 10.7. The minimum absolute atomic E-state index is 0.335. The van der Waals surface area contributed by atoms with Crippen LogP contribution in [0.25, 0.3) is 0 Å². The van der Waals surface area contributed by atoms with Crippen LogP contribution in [0.2, 0.25) is 0 Å². The van der Waals surface area contributed by atoms with E-state index >= 15 is 0 Å². The molecule has 0 spiro atoms. The molecule has 1 aliphatic rings. The third kappa shape index (κ3) is 2.36. The number of nitrogen functional groups attached to an aromatic ring is 1. The van der Waals surface area contributed by atoms with Crippen LogP contribution in [0.5, 0.6) is 0 Å². The maximum Gasteiger partial charge on any atom is 0.128 e. The van der Waals surface area contributed by atoms with Crippen molar-refractivity contribution in [1.82, 2.24) is 4.98 Å². The number of hydrogen-bond donors (Lipinski definition) is 1.